The number of halogens is 3. The van der Waals surface area contributed by atoms with Gasteiger partial charge in [-0.2, -0.15) is 0 Å². The Morgan fingerprint density at radius 1 is 1.33 bits per heavy atom. The maximum Gasteiger partial charge on any atom is 0.321 e. The van der Waals surface area contributed by atoms with E-state index in [-0.39, 0.29) is 0 Å². The van der Waals surface area contributed by atoms with E-state index in [2.05, 4.69) is 32.4 Å². The van der Waals surface area contributed by atoms with Gasteiger partial charge in [-0.3, -0.25) is 5.32 Å². The van der Waals surface area contributed by atoms with Gasteiger partial charge in [0, 0.05) is 24.7 Å². The van der Waals surface area contributed by atoms with Gasteiger partial charge in [-0.25, -0.2) is 23.5 Å². The van der Waals surface area contributed by atoms with E-state index in [0.717, 1.165) is 10.4 Å². The van der Waals surface area contributed by atoms with Gasteiger partial charge in [-0.05, 0) is 25.0 Å². The molecule has 0 bridgehead atoms. The molecule has 2 heterocycles. The number of amides is 2. The first kappa shape index (κ1) is 21.7. The average molecular weight is 450 g/mol. The average Bonchev–Trinajstić information content (AvgIpc) is 3.26. The quantitative estimate of drug-likeness (QED) is 0.550. The zero-order valence-corrected chi connectivity index (χ0v) is 17.5. The van der Waals surface area contributed by atoms with Gasteiger partial charge >= 0.3 is 6.03 Å². The van der Waals surface area contributed by atoms with Crippen LogP contribution in [-0.4, -0.2) is 33.5 Å². The van der Waals surface area contributed by atoms with E-state index in [0.29, 0.717) is 34.5 Å². The van der Waals surface area contributed by atoms with Crippen LogP contribution in [0.3, 0.4) is 0 Å². The number of hydrogen-bond donors (Lipinski definition) is 2. The Morgan fingerprint density at radius 2 is 2.13 bits per heavy atom. The first-order valence-electron chi connectivity index (χ1n) is 8.98. The van der Waals surface area contributed by atoms with Crippen molar-refractivity contribution in [2.45, 2.75) is 26.3 Å². The summed E-state index contributed by atoms with van der Waals surface area (Å²) >= 11 is 7.37. The normalized spacial score (nSPS) is 10.6. The Kier molecular flexibility index (Phi) is 7.38. The van der Waals surface area contributed by atoms with Gasteiger partial charge < -0.3 is 9.88 Å². The molecule has 0 saturated carbocycles. The first-order valence-corrected chi connectivity index (χ1v) is 10.2. The van der Waals surface area contributed by atoms with Crippen molar-refractivity contribution < 1.29 is 13.6 Å². The lowest BCUT2D eigenvalue weighted by Crippen LogP contribution is -2.30. The molecule has 156 valence electrons. The lowest BCUT2D eigenvalue weighted by molar-refractivity contribution is 0.126. The molecule has 0 unspecified atom stereocenters. The molecule has 0 fully saturated rings. The highest BCUT2D eigenvalue weighted by atomic mass is 35.5. The van der Waals surface area contributed by atoms with E-state index in [9.17, 15) is 13.6 Å². The second kappa shape index (κ2) is 10.2. The molecule has 0 spiro atoms. The summed E-state index contributed by atoms with van der Waals surface area (Å²) in [5.74, 6) is 6.04. The molecular formula is C20H18ClF2N5OS. The van der Waals surface area contributed by atoms with Gasteiger partial charge in [-0.15, -0.1) is 0 Å². The van der Waals surface area contributed by atoms with E-state index < -0.39 is 19.0 Å². The smallest absolute Gasteiger partial charge is 0.321 e. The number of nitrogens with one attached hydrogen (secondary N) is 2. The highest BCUT2D eigenvalue weighted by molar-refractivity contribution is 7.16. The van der Waals surface area contributed by atoms with Gasteiger partial charge in [0.25, 0.3) is 6.43 Å². The molecular weight excluding hydrogens is 432 g/mol. The minimum absolute atomic E-state index is 0.307. The minimum atomic E-state index is -2.43. The van der Waals surface area contributed by atoms with Crippen molar-refractivity contribution in [1.29, 1.82) is 0 Å². The van der Waals surface area contributed by atoms with E-state index in [1.807, 2.05) is 25.1 Å². The van der Waals surface area contributed by atoms with Gasteiger partial charge in [0.1, 0.15) is 4.88 Å². The Hall–Kier alpha value is -2.96. The van der Waals surface area contributed by atoms with Gasteiger partial charge in [0.15, 0.2) is 5.13 Å². The second-order valence-electron chi connectivity index (χ2n) is 6.25. The SMILES string of the molecule is Cc1nc(NC(=O)NCCc2cn(CC(F)F)cn2)sc1C#Cc1ccccc1Cl. The number of benzene rings is 1. The lowest BCUT2D eigenvalue weighted by Gasteiger charge is -2.04. The molecule has 0 radical (unpaired) electrons. The molecule has 0 aliphatic carbocycles. The molecule has 2 aromatic heterocycles. The molecule has 0 aliphatic rings. The molecule has 30 heavy (non-hydrogen) atoms. The largest absolute Gasteiger partial charge is 0.337 e. The fourth-order valence-corrected chi connectivity index (χ4v) is 3.49. The molecule has 2 amide bonds. The van der Waals surface area contributed by atoms with Crippen molar-refractivity contribution in [2.24, 2.45) is 0 Å². The fourth-order valence-electron chi connectivity index (χ4n) is 2.49. The summed E-state index contributed by atoms with van der Waals surface area (Å²) in [6.45, 7) is 1.72. The van der Waals surface area contributed by atoms with Crippen LogP contribution >= 0.6 is 22.9 Å². The summed E-state index contributed by atoms with van der Waals surface area (Å²) in [6.07, 6.45) is 0.886. The summed E-state index contributed by atoms with van der Waals surface area (Å²) in [7, 11) is 0. The third kappa shape index (κ3) is 6.27. The zero-order valence-electron chi connectivity index (χ0n) is 16.0. The number of rotatable bonds is 6. The zero-order chi connectivity index (χ0) is 21.5. The Balaban J connectivity index is 1.51. The summed E-state index contributed by atoms with van der Waals surface area (Å²) in [6, 6.07) is 6.87. The number of carbonyl (C=O) groups excluding carboxylic acids is 1. The number of imidazole rings is 1. The third-order valence-electron chi connectivity index (χ3n) is 3.90. The van der Waals surface area contributed by atoms with Crippen LogP contribution in [0.2, 0.25) is 5.02 Å². The van der Waals surface area contributed by atoms with Crippen molar-refractivity contribution >= 4 is 34.1 Å². The monoisotopic (exact) mass is 449 g/mol. The number of alkyl halides is 2. The summed E-state index contributed by atoms with van der Waals surface area (Å²) in [5, 5.41) is 6.36. The standard InChI is InChI=1S/C20H18ClF2N5OS/c1-13-17(7-6-14-4-2-3-5-16(14)21)30-20(26-13)27-19(29)24-9-8-15-10-28(12-25-15)11-18(22)23/h2-5,10,12,18H,8-9,11H2,1H3,(H2,24,26,27,29). The fraction of sp³-hybridized carbons (Fsp3) is 0.250. The minimum Gasteiger partial charge on any atom is -0.337 e. The second-order valence-corrected chi connectivity index (χ2v) is 7.65. The van der Waals surface area contributed by atoms with Crippen LogP contribution in [0.5, 0.6) is 0 Å². The van der Waals surface area contributed by atoms with Gasteiger partial charge in [0.05, 0.1) is 29.3 Å². The summed E-state index contributed by atoms with van der Waals surface area (Å²) < 4.78 is 26.0. The maximum absolute atomic E-state index is 12.3. The molecule has 0 atom stereocenters. The summed E-state index contributed by atoms with van der Waals surface area (Å²) in [5.41, 5.74) is 2.05. The predicted molar refractivity (Wildman–Crippen MR) is 113 cm³/mol. The van der Waals surface area contributed by atoms with E-state index in [1.165, 1.54) is 22.2 Å². The Labute approximate surface area is 181 Å². The summed E-state index contributed by atoms with van der Waals surface area (Å²) in [4.78, 5) is 21.1. The van der Waals surface area contributed by atoms with Gasteiger partial charge in [0.2, 0.25) is 0 Å². The van der Waals surface area contributed by atoms with Crippen LogP contribution in [0, 0.1) is 18.8 Å². The van der Waals surface area contributed by atoms with E-state index >= 15 is 0 Å². The van der Waals surface area contributed by atoms with Crippen LogP contribution in [0.1, 0.15) is 21.8 Å². The highest BCUT2D eigenvalue weighted by Crippen LogP contribution is 2.22. The number of thiazole rings is 1. The number of nitrogens with zero attached hydrogens (tertiary/aromatic N) is 3. The topological polar surface area (TPSA) is 71.8 Å². The van der Waals surface area contributed by atoms with Crippen molar-refractivity contribution in [3.8, 4) is 11.8 Å². The van der Waals surface area contributed by atoms with Crippen LogP contribution in [0.25, 0.3) is 0 Å². The van der Waals surface area contributed by atoms with E-state index in [1.54, 1.807) is 12.3 Å². The molecule has 0 aliphatic heterocycles. The Bertz CT molecular complexity index is 1090. The number of aromatic nitrogens is 3. The lowest BCUT2D eigenvalue weighted by atomic mass is 10.2. The third-order valence-corrected chi connectivity index (χ3v) is 5.22. The molecule has 6 nitrogen and oxygen atoms in total. The molecule has 1 aromatic carbocycles. The first-order chi connectivity index (χ1) is 14.4. The van der Waals surface area contributed by atoms with E-state index in [4.69, 9.17) is 11.6 Å². The molecule has 3 aromatic rings. The van der Waals surface area contributed by atoms with Crippen molar-refractivity contribution in [3.05, 3.63) is 63.6 Å². The number of anilines is 1. The van der Waals surface area contributed by atoms with Crippen molar-refractivity contribution in [1.82, 2.24) is 19.9 Å². The van der Waals surface area contributed by atoms with Crippen LogP contribution in [0.15, 0.2) is 36.8 Å². The van der Waals surface area contributed by atoms with Crippen LogP contribution in [-0.2, 0) is 13.0 Å². The molecule has 0 saturated heterocycles. The van der Waals surface area contributed by atoms with Crippen LogP contribution in [0.4, 0.5) is 18.7 Å². The molecule has 2 N–H and O–H groups in total. The predicted octanol–water partition coefficient (Wildman–Crippen LogP) is 4.33. The molecule has 3 rings (SSSR count). The van der Waals surface area contributed by atoms with Crippen molar-refractivity contribution in [2.75, 3.05) is 11.9 Å². The Morgan fingerprint density at radius 3 is 2.90 bits per heavy atom. The number of urea groups is 1. The van der Waals surface area contributed by atoms with Crippen LogP contribution < -0.4 is 10.6 Å². The number of aryl methyl sites for hydroxylation is 1. The maximum atomic E-state index is 12.3. The van der Waals surface area contributed by atoms with Gasteiger partial charge in [-0.1, -0.05) is 41.0 Å². The highest BCUT2D eigenvalue weighted by Gasteiger charge is 2.10. The number of carbonyl (C=O) groups is 1. The molecule has 10 heteroatoms. The number of hydrogen-bond acceptors (Lipinski definition) is 4. The van der Waals surface area contributed by atoms with Crippen molar-refractivity contribution in [3.63, 3.8) is 0 Å².